The molecule has 0 spiro atoms. The molecule has 0 aromatic heterocycles. The average Bonchev–Trinajstić information content (AvgIpc) is 3.11. The van der Waals surface area contributed by atoms with Crippen LogP contribution in [-0.4, -0.2) is 49.3 Å². The van der Waals surface area contributed by atoms with Gasteiger partial charge in [-0.1, -0.05) is 152 Å². The topological polar surface area (TPSA) is 134 Å². The van der Waals surface area contributed by atoms with Gasteiger partial charge in [-0.15, -0.1) is 0 Å². The van der Waals surface area contributed by atoms with E-state index >= 15 is 0 Å². The highest BCUT2D eigenvalue weighted by Crippen LogP contribution is 2.43. The summed E-state index contributed by atoms with van der Waals surface area (Å²) in [4.78, 5) is 34.8. The normalized spacial score (nSPS) is 13.9. The van der Waals surface area contributed by atoms with E-state index < -0.39 is 32.5 Å². The van der Waals surface area contributed by atoms with Crippen molar-refractivity contribution in [3.8, 4) is 0 Å². The van der Waals surface area contributed by atoms with Crippen LogP contribution in [0.5, 0.6) is 0 Å². The van der Waals surface area contributed by atoms with Gasteiger partial charge in [0.15, 0.2) is 6.10 Å². The van der Waals surface area contributed by atoms with Crippen molar-refractivity contribution in [1.82, 2.24) is 0 Å². The molecule has 10 heteroatoms. The molecule has 0 radical (unpaired) electrons. The molecule has 0 fully saturated rings. The Kier molecular flexibility index (Phi) is 36.2. The first-order valence-electron chi connectivity index (χ1n) is 20.1. The first-order chi connectivity index (χ1) is 24.8. The summed E-state index contributed by atoms with van der Waals surface area (Å²) in [5.74, 6) is -0.857. The molecule has 0 bridgehead atoms. The predicted octanol–water partition coefficient (Wildman–Crippen LogP) is 11.2. The average molecular weight is 740 g/mol. The van der Waals surface area contributed by atoms with Gasteiger partial charge in [0, 0.05) is 19.4 Å². The Morgan fingerprint density at radius 1 is 0.608 bits per heavy atom. The highest BCUT2D eigenvalue weighted by molar-refractivity contribution is 7.47. The van der Waals surface area contributed by atoms with Gasteiger partial charge in [0.05, 0.1) is 13.2 Å². The molecule has 0 aliphatic rings. The van der Waals surface area contributed by atoms with Crippen molar-refractivity contribution in [2.75, 3.05) is 26.4 Å². The molecule has 1 unspecified atom stereocenters. The van der Waals surface area contributed by atoms with Gasteiger partial charge >= 0.3 is 19.8 Å². The van der Waals surface area contributed by atoms with Gasteiger partial charge in [0.1, 0.15) is 6.61 Å². The van der Waals surface area contributed by atoms with Crippen LogP contribution in [0.2, 0.25) is 0 Å². The third-order valence-corrected chi connectivity index (χ3v) is 9.21. The van der Waals surface area contributed by atoms with E-state index in [0.29, 0.717) is 12.8 Å². The highest BCUT2D eigenvalue weighted by Gasteiger charge is 2.25. The minimum atomic E-state index is -4.38. The summed E-state index contributed by atoms with van der Waals surface area (Å²) >= 11 is 0. The lowest BCUT2D eigenvalue weighted by Crippen LogP contribution is -2.29. The first-order valence-corrected chi connectivity index (χ1v) is 21.6. The lowest BCUT2D eigenvalue weighted by Gasteiger charge is -2.19. The third-order valence-electron chi connectivity index (χ3n) is 8.23. The maximum absolute atomic E-state index is 12.5. The molecule has 9 nitrogen and oxygen atoms in total. The van der Waals surface area contributed by atoms with Gasteiger partial charge in [0.2, 0.25) is 0 Å². The maximum Gasteiger partial charge on any atom is 0.472 e. The van der Waals surface area contributed by atoms with Crippen LogP contribution in [0.3, 0.4) is 0 Å². The number of hydrogen-bond acceptors (Lipinski definition) is 8. The monoisotopic (exact) mass is 740 g/mol. The van der Waals surface area contributed by atoms with Crippen molar-refractivity contribution < 1.29 is 37.6 Å². The summed E-state index contributed by atoms with van der Waals surface area (Å²) in [5.41, 5.74) is 5.33. The van der Waals surface area contributed by atoms with Crippen molar-refractivity contribution in [1.29, 1.82) is 0 Å². The van der Waals surface area contributed by atoms with Crippen LogP contribution in [0.25, 0.3) is 0 Å². The number of ether oxygens (including phenoxy) is 2. The van der Waals surface area contributed by atoms with E-state index in [0.717, 1.165) is 70.6 Å². The molecule has 0 heterocycles. The van der Waals surface area contributed by atoms with Gasteiger partial charge in [-0.05, 0) is 51.4 Å². The van der Waals surface area contributed by atoms with Gasteiger partial charge in [-0.3, -0.25) is 18.6 Å². The SMILES string of the molecule is CCC=CCC=CCC=CCC=CCCCCCCC(=O)OC[C@H](COP(=O)(O)OCCN)OC(=O)CCCCCCCCCCCCCCC. The molecule has 0 saturated heterocycles. The fraction of sp³-hybridized carbons (Fsp3) is 0.756. The number of nitrogens with two attached hydrogens (primary N) is 1. The molecule has 296 valence electrons. The molecule has 51 heavy (non-hydrogen) atoms. The predicted molar refractivity (Wildman–Crippen MR) is 210 cm³/mol. The molecule has 3 N–H and O–H groups in total. The van der Waals surface area contributed by atoms with E-state index in [2.05, 4.69) is 62.5 Å². The molecule has 0 aliphatic heterocycles. The number of allylic oxidation sites excluding steroid dienone is 8. The molecule has 0 amide bonds. The molecule has 0 aromatic rings. The molecule has 0 aromatic carbocycles. The number of unbranched alkanes of at least 4 members (excludes halogenated alkanes) is 16. The fourth-order valence-corrected chi connectivity index (χ4v) is 6.04. The van der Waals surface area contributed by atoms with Gasteiger partial charge in [-0.2, -0.15) is 0 Å². The second-order valence-electron chi connectivity index (χ2n) is 13.1. The zero-order valence-corrected chi connectivity index (χ0v) is 33.2. The number of esters is 2. The van der Waals surface area contributed by atoms with E-state index in [4.69, 9.17) is 24.3 Å². The Hall–Kier alpha value is -2.03. The van der Waals surface area contributed by atoms with E-state index in [1.165, 1.54) is 57.8 Å². The number of phosphoric ester groups is 1. The van der Waals surface area contributed by atoms with Gasteiger partial charge < -0.3 is 20.1 Å². The molecular formula is C41H74NO8P. The molecule has 0 rings (SSSR count). The van der Waals surface area contributed by atoms with Gasteiger partial charge in [-0.25, -0.2) is 4.57 Å². The zero-order chi connectivity index (χ0) is 37.5. The first kappa shape index (κ1) is 49.0. The Morgan fingerprint density at radius 2 is 1.08 bits per heavy atom. The quantitative estimate of drug-likeness (QED) is 0.0276. The summed E-state index contributed by atoms with van der Waals surface area (Å²) in [7, 11) is -4.38. The summed E-state index contributed by atoms with van der Waals surface area (Å²) in [5, 5.41) is 0. The van der Waals surface area contributed by atoms with Crippen molar-refractivity contribution in [2.45, 2.75) is 174 Å². The summed E-state index contributed by atoms with van der Waals surface area (Å²) in [6.07, 6.45) is 41.4. The number of hydrogen-bond donors (Lipinski definition) is 2. The number of rotatable bonds is 37. The van der Waals surface area contributed by atoms with Crippen molar-refractivity contribution >= 4 is 19.8 Å². The van der Waals surface area contributed by atoms with E-state index in [-0.39, 0.29) is 32.6 Å². The van der Waals surface area contributed by atoms with E-state index in [9.17, 15) is 19.0 Å². The number of carbonyl (C=O) groups is 2. The second-order valence-corrected chi connectivity index (χ2v) is 14.6. The third kappa shape index (κ3) is 37.5. The summed E-state index contributed by atoms with van der Waals surface area (Å²) in [6.45, 7) is 3.58. The minimum Gasteiger partial charge on any atom is -0.462 e. The van der Waals surface area contributed by atoms with Crippen LogP contribution >= 0.6 is 7.82 Å². The van der Waals surface area contributed by atoms with Crippen LogP contribution in [0, 0.1) is 0 Å². The number of phosphoric acid groups is 1. The smallest absolute Gasteiger partial charge is 0.462 e. The van der Waals surface area contributed by atoms with E-state index in [1.807, 2.05) is 0 Å². The second kappa shape index (κ2) is 37.7. The standard InChI is InChI=1S/C41H74NO8P/c1-3-5-7-9-11-13-15-17-18-19-20-22-23-25-27-29-31-33-40(43)47-37-39(38-49-51(45,46)48-36-35-42)50-41(44)34-32-30-28-26-24-21-16-14-12-10-8-6-4-2/h5,7,11,13,17-18,20,22,39H,3-4,6,8-10,12,14-16,19,21,23-38,42H2,1-2H3,(H,45,46)/t39-/m1/s1. The minimum absolute atomic E-state index is 0.0491. The Morgan fingerprint density at radius 3 is 1.61 bits per heavy atom. The summed E-state index contributed by atoms with van der Waals surface area (Å²) < 4.78 is 32.7. The Balaban J connectivity index is 4.23. The lowest BCUT2D eigenvalue weighted by molar-refractivity contribution is -0.161. The highest BCUT2D eigenvalue weighted by atomic mass is 31.2. The molecule has 2 atom stereocenters. The molecule has 0 saturated carbocycles. The van der Waals surface area contributed by atoms with Crippen molar-refractivity contribution in [2.24, 2.45) is 5.73 Å². The lowest BCUT2D eigenvalue weighted by atomic mass is 10.0. The fourth-order valence-electron chi connectivity index (χ4n) is 5.27. The van der Waals surface area contributed by atoms with Gasteiger partial charge in [0.25, 0.3) is 0 Å². The Labute approximate surface area is 311 Å². The van der Waals surface area contributed by atoms with Crippen LogP contribution in [0.15, 0.2) is 48.6 Å². The largest absolute Gasteiger partial charge is 0.472 e. The number of carbonyl (C=O) groups excluding carboxylic acids is 2. The van der Waals surface area contributed by atoms with Crippen LogP contribution in [0.1, 0.15) is 168 Å². The summed E-state index contributed by atoms with van der Waals surface area (Å²) in [6, 6.07) is 0. The maximum atomic E-state index is 12.5. The zero-order valence-electron chi connectivity index (χ0n) is 32.3. The van der Waals surface area contributed by atoms with Crippen molar-refractivity contribution in [3.05, 3.63) is 48.6 Å². The Bertz CT molecular complexity index is 981. The molecule has 0 aliphatic carbocycles. The van der Waals surface area contributed by atoms with E-state index in [1.54, 1.807) is 0 Å². The van der Waals surface area contributed by atoms with Crippen molar-refractivity contribution in [3.63, 3.8) is 0 Å². The van der Waals surface area contributed by atoms with Crippen LogP contribution in [-0.2, 0) is 32.7 Å². The van der Waals surface area contributed by atoms with Crippen LogP contribution < -0.4 is 5.73 Å². The van der Waals surface area contributed by atoms with Crippen LogP contribution in [0.4, 0.5) is 0 Å². The molecular weight excluding hydrogens is 665 g/mol.